The van der Waals surface area contributed by atoms with Crippen molar-refractivity contribution in [1.82, 2.24) is 20.1 Å². The van der Waals surface area contributed by atoms with Crippen LogP contribution >= 0.6 is 11.8 Å². The van der Waals surface area contributed by atoms with Gasteiger partial charge in [0, 0.05) is 17.3 Å². The first kappa shape index (κ1) is 19.2. The van der Waals surface area contributed by atoms with Gasteiger partial charge in [0.25, 0.3) is 5.91 Å². The van der Waals surface area contributed by atoms with Crippen LogP contribution in [0.1, 0.15) is 12.8 Å². The Kier molecular flexibility index (Phi) is 5.90. The number of rotatable bonds is 8. The molecule has 1 aliphatic rings. The Morgan fingerprint density at radius 2 is 1.72 bits per heavy atom. The van der Waals surface area contributed by atoms with Crippen molar-refractivity contribution in [2.75, 3.05) is 12.4 Å². The quantitative estimate of drug-likeness (QED) is 0.456. The summed E-state index contributed by atoms with van der Waals surface area (Å²) in [6.45, 7) is -0.253. The Morgan fingerprint density at radius 1 is 1.03 bits per heavy atom. The largest absolute Gasteiger partial charge is 0.455 e. The number of esters is 1. The zero-order chi connectivity index (χ0) is 20.1. The van der Waals surface area contributed by atoms with Crippen molar-refractivity contribution in [1.29, 1.82) is 0 Å². The minimum atomic E-state index is -0.468. The highest BCUT2D eigenvalue weighted by molar-refractivity contribution is 7.99. The van der Waals surface area contributed by atoms with Crippen molar-refractivity contribution < 1.29 is 14.3 Å². The van der Waals surface area contributed by atoms with Crippen LogP contribution in [-0.2, 0) is 14.3 Å². The lowest BCUT2D eigenvalue weighted by atomic mass is 10.2. The van der Waals surface area contributed by atoms with Gasteiger partial charge < -0.3 is 10.1 Å². The van der Waals surface area contributed by atoms with Crippen molar-refractivity contribution in [2.24, 2.45) is 0 Å². The highest BCUT2D eigenvalue weighted by Crippen LogP contribution is 2.27. The average Bonchev–Trinajstić information content (AvgIpc) is 3.47. The third kappa shape index (κ3) is 5.03. The maximum atomic E-state index is 12.1. The molecule has 0 spiro atoms. The van der Waals surface area contributed by atoms with Crippen LogP contribution in [0.5, 0.6) is 0 Å². The summed E-state index contributed by atoms with van der Waals surface area (Å²) in [6.07, 6.45) is 1.99. The first-order valence-corrected chi connectivity index (χ1v) is 10.3. The van der Waals surface area contributed by atoms with Crippen molar-refractivity contribution >= 4 is 23.6 Å². The Balaban J connectivity index is 1.46. The topological polar surface area (TPSA) is 86.1 Å². The second-order valence-electron chi connectivity index (χ2n) is 6.63. The van der Waals surface area contributed by atoms with Gasteiger partial charge in [0.1, 0.15) is 0 Å². The Labute approximate surface area is 172 Å². The van der Waals surface area contributed by atoms with Gasteiger partial charge in [-0.15, -0.1) is 10.2 Å². The molecule has 0 aliphatic heterocycles. The van der Waals surface area contributed by atoms with Crippen molar-refractivity contribution in [2.45, 2.75) is 24.0 Å². The molecule has 1 aliphatic carbocycles. The molecular weight excluding hydrogens is 388 g/mol. The minimum Gasteiger partial charge on any atom is -0.455 e. The third-order valence-corrected chi connectivity index (χ3v) is 5.21. The lowest BCUT2D eigenvalue weighted by Crippen LogP contribution is -2.30. The second kappa shape index (κ2) is 8.91. The van der Waals surface area contributed by atoms with Crippen LogP contribution in [0.25, 0.3) is 17.1 Å². The molecule has 2 aromatic carbocycles. The van der Waals surface area contributed by atoms with Crippen LogP contribution in [-0.4, -0.2) is 45.0 Å². The summed E-state index contributed by atoms with van der Waals surface area (Å²) in [5, 5.41) is 12.0. The highest BCUT2D eigenvalue weighted by Gasteiger charge is 2.24. The van der Waals surface area contributed by atoms with E-state index in [1.807, 2.05) is 65.2 Å². The molecule has 7 nitrogen and oxygen atoms in total. The molecule has 1 saturated carbocycles. The Bertz CT molecular complexity index is 988. The summed E-state index contributed by atoms with van der Waals surface area (Å²) in [6, 6.07) is 19.7. The SMILES string of the molecule is O=C(COC(=O)CSc1nnc(-c2ccccc2)n1-c1ccccc1)NC1CC1. The normalized spacial score (nSPS) is 13.1. The first-order chi connectivity index (χ1) is 14.2. The summed E-state index contributed by atoms with van der Waals surface area (Å²) in [7, 11) is 0. The fraction of sp³-hybridized carbons (Fsp3) is 0.238. The van der Waals surface area contributed by atoms with Crippen molar-refractivity contribution in [3.63, 3.8) is 0 Å². The number of hydrogen-bond donors (Lipinski definition) is 1. The lowest BCUT2D eigenvalue weighted by Gasteiger charge is -2.10. The number of thioether (sulfide) groups is 1. The van der Waals surface area contributed by atoms with Gasteiger partial charge in [0.15, 0.2) is 17.6 Å². The summed E-state index contributed by atoms with van der Waals surface area (Å²) in [5.41, 5.74) is 1.83. The molecule has 0 unspecified atom stereocenters. The van der Waals surface area contributed by atoms with E-state index in [1.54, 1.807) is 0 Å². The fourth-order valence-corrected chi connectivity index (χ4v) is 3.51. The molecule has 1 N–H and O–H groups in total. The number of carbonyl (C=O) groups excluding carboxylic acids is 2. The molecule has 1 heterocycles. The molecule has 3 aromatic rings. The van der Waals surface area contributed by atoms with Crippen LogP contribution < -0.4 is 5.32 Å². The van der Waals surface area contributed by atoms with Gasteiger partial charge in [0.2, 0.25) is 0 Å². The number of hydrogen-bond acceptors (Lipinski definition) is 6. The van der Waals surface area contributed by atoms with E-state index < -0.39 is 5.97 Å². The van der Waals surface area contributed by atoms with Gasteiger partial charge in [-0.2, -0.15) is 0 Å². The number of para-hydroxylation sites is 1. The van der Waals surface area contributed by atoms with E-state index in [1.165, 1.54) is 11.8 Å². The van der Waals surface area contributed by atoms with Gasteiger partial charge in [-0.3, -0.25) is 14.2 Å². The van der Waals surface area contributed by atoms with E-state index in [2.05, 4.69) is 15.5 Å². The minimum absolute atomic E-state index is 0.0382. The van der Waals surface area contributed by atoms with E-state index in [9.17, 15) is 9.59 Å². The molecule has 148 valence electrons. The van der Waals surface area contributed by atoms with E-state index in [4.69, 9.17) is 4.74 Å². The van der Waals surface area contributed by atoms with Gasteiger partial charge in [-0.1, -0.05) is 60.3 Å². The Morgan fingerprint density at radius 3 is 2.41 bits per heavy atom. The predicted octanol–water partition coefficient (Wildman–Crippen LogP) is 2.85. The predicted molar refractivity (Wildman–Crippen MR) is 110 cm³/mol. The van der Waals surface area contributed by atoms with Crippen LogP contribution in [0, 0.1) is 0 Å². The zero-order valence-corrected chi connectivity index (χ0v) is 16.5. The number of benzene rings is 2. The number of nitrogens with zero attached hydrogens (tertiary/aromatic N) is 3. The molecule has 1 aromatic heterocycles. The van der Waals surface area contributed by atoms with Gasteiger partial charge >= 0.3 is 5.97 Å². The number of aromatic nitrogens is 3. The average molecular weight is 408 g/mol. The maximum Gasteiger partial charge on any atom is 0.316 e. The lowest BCUT2D eigenvalue weighted by molar-refractivity contribution is -0.145. The summed E-state index contributed by atoms with van der Waals surface area (Å²) in [5.74, 6) is 0.00202. The molecule has 8 heteroatoms. The van der Waals surface area contributed by atoms with Gasteiger partial charge in [-0.05, 0) is 25.0 Å². The van der Waals surface area contributed by atoms with E-state index >= 15 is 0 Å². The molecule has 0 atom stereocenters. The molecule has 0 bridgehead atoms. The van der Waals surface area contributed by atoms with Crippen LogP contribution in [0.2, 0.25) is 0 Å². The van der Waals surface area contributed by atoms with Crippen LogP contribution in [0.15, 0.2) is 65.8 Å². The first-order valence-electron chi connectivity index (χ1n) is 9.35. The molecule has 4 rings (SSSR count). The van der Waals surface area contributed by atoms with Crippen molar-refractivity contribution in [3.05, 3.63) is 60.7 Å². The van der Waals surface area contributed by atoms with Crippen molar-refractivity contribution in [3.8, 4) is 17.1 Å². The number of nitrogens with one attached hydrogen (secondary N) is 1. The van der Waals surface area contributed by atoms with Gasteiger partial charge in [0.05, 0.1) is 5.75 Å². The summed E-state index contributed by atoms with van der Waals surface area (Å²) < 4.78 is 6.97. The molecule has 1 fully saturated rings. The number of carbonyl (C=O) groups is 2. The highest BCUT2D eigenvalue weighted by atomic mass is 32.2. The zero-order valence-electron chi connectivity index (χ0n) is 15.7. The molecular formula is C21H20N4O3S. The smallest absolute Gasteiger partial charge is 0.316 e. The monoisotopic (exact) mass is 408 g/mol. The molecule has 29 heavy (non-hydrogen) atoms. The third-order valence-electron chi connectivity index (χ3n) is 4.31. The van der Waals surface area contributed by atoms with Crippen LogP contribution in [0.3, 0.4) is 0 Å². The van der Waals surface area contributed by atoms with Crippen LogP contribution in [0.4, 0.5) is 0 Å². The number of ether oxygens (including phenoxy) is 1. The fourth-order valence-electron chi connectivity index (χ4n) is 2.76. The molecule has 0 saturated heterocycles. The van der Waals surface area contributed by atoms with E-state index in [-0.39, 0.29) is 24.3 Å². The maximum absolute atomic E-state index is 12.1. The molecule has 1 amide bonds. The van der Waals surface area contributed by atoms with E-state index in [0.717, 1.165) is 24.1 Å². The second-order valence-corrected chi connectivity index (χ2v) is 7.58. The standard InChI is InChI=1S/C21H20N4O3S/c26-18(22-16-11-12-16)13-28-19(27)14-29-21-24-23-20(15-7-3-1-4-8-15)25(21)17-9-5-2-6-10-17/h1-10,16H,11-14H2,(H,22,26). The van der Waals surface area contributed by atoms with E-state index in [0.29, 0.717) is 11.0 Å². The number of amides is 1. The summed E-state index contributed by atoms with van der Waals surface area (Å²) in [4.78, 5) is 23.7. The molecule has 0 radical (unpaired) electrons. The summed E-state index contributed by atoms with van der Waals surface area (Å²) >= 11 is 1.23. The van der Waals surface area contributed by atoms with Gasteiger partial charge in [-0.25, -0.2) is 0 Å². The Hall–Kier alpha value is -3.13.